The molecule has 0 bridgehead atoms. The normalized spacial score (nSPS) is 14.4. The Morgan fingerprint density at radius 2 is 1.88 bits per heavy atom. The van der Waals surface area contributed by atoms with Crippen LogP contribution in [0.4, 0.5) is 20.3 Å². The fourth-order valence-corrected chi connectivity index (χ4v) is 5.34. The van der Waals surface area contributed by atoms with Crippen LogP contribution >= 0.6 is 0 Å². The maximum Gasteiger partial charge on any atom is 0.182 e. The van der Waals surface area contributed by atoms with Crippen LogP contribution in [0, 0.1) is 23.3 Å². The minimum absolute atomic E-state index is 0.0866. The summed E-state index contributed by atoms with van der Waals surface area (Å²) in [5.74, 6) is 0.303. The third-order valence-corrected chi connectivity index (χ3v) is 7.85. The van der Waals surface area contributed by atoms with E-state index in [9.17, 15) is 13.0 Å². The molecule has 0 radical (unpaired) electrons. The van der Waals surface area contributed by atoms with E-state index < -0.39 is 21.4 Å². The monoisotopic (exact) mass is 597 g/mol. The van der Waals surface area contributed by atoms with Crippen molar-refractivity contribution in [3.05, 3.63) is 71.3 Å². The van der Waals surface area contributed by atoms with Gasteiger partial charge in [0.2, 0.25) is 0 Å². The van der Waals surface area contributed by atoms with Crippen LogP contribution < -0.4 is 14.8 Å². The van der Waals surface area contributed by atoms with Crippen molar-refractivity contribution < 1.29 is 22.5 Å². The van der Waals surface area contributed by atoms with Gasteiger partial charge in [-0.2, -0.15) is 5.10 Å². The number of pyridine rings is 1. The van der Waals surface area contributed by atoms with Gasteiger partial charge in [0.1, 0.15) is 23.1 Å². The SMILES string of the molecule is CCOc1cc(F)c(Cn2nc(-c3ncc(OCCCS(C)(=N)=O)c(Nc4ccncc4)n3)c(C)c2C2CC2)c(F)c1. The largest absolute Gasteiger partial charge is 0.494 e. The van der Waals surface area contributed by atoms with E-state index >= 15 is 0 Å². The molecule has 222 valence electrons. The standard InChI is InChI=1S/C29H33F2N7O3S/c1-4-40-21-14-23(30)22(24(31)15-21)17-38-27(19-6-7-19)18(2)26(37-38)29-34-16-25(41-12-5-13-42(3,32)39)28(36-29)35-20-8-10-33-11-9-20/h8-11,14-16,19,32H,4-7,12-13,17H2,1-3H3,(H,33,34,35,36). The lowest BCUT2D eigenvalue weighted by atomic mass is 10.1. The number of aromatic nitrogens is 5. The Morgan fingerprint density at radius 3 is 2.52 bits per heavy atom. The summed E-state index contributed by atoms with van der Waals surface area (Å²) in [7, 11) is -2.62. The molecule has 1 saturated carbocycles. The molecule has 1 atom stereocenters. The average molecular weight is 598 g/mol. The number of benzene rings is 1. The van der Waals surface area contributed by atoms with Crippen molar-refractivity contribution >= 4 is 21.2 Å². The quantitative estimate of drug-likeness (QED) is 0.184. The predicted octanol–water partition coefficient (Wildman–Crippen LogP) is 5.84. The third-order valence-electron chi connectivity index (χ3n) is 6.78. The Bertz CT molecular complexity index is 1650. The Labute approximate surface area is 243 Å². The second-order valence-electron chi connectivity index (χ2n) is 10.3. The van der Waals surface area contributed by atoms with Gasteiger partial charge in [-0.15, -0.1) is 0 Å². The summed E-state index contributed by atoms with van der Waals surface area (Å²) in [5, 5.41) is 7.98. The molecule has 0 amide bonds. The molecule has 1 unspecified atom stereocenters. The lowest BCUT2D eigenvalue weighted by Crippen LogP contribution is -2.10. The first-order valence-corrected chi connectivity index (χ1v) is 15.8. The van der Waals surface area contributed by atoms with Gasteiger partial charge in [-0.1, -0.05) is 0 Å². The van der Waals surface area contributed by atoms with Crippen molar-refractivity contribution in [3.63, 3.8) is 0 Å². The molecule has 1 fully saturated rings. The van der Waals surface area contributed by atoms with Crippen LogP contribution in [0.15, 0.2) is 42.9 Å². The number of hydrogen-bond acceptors (Lipinski definition) is 9. The van der Waals surface area contributed by atoms with E-state index in [0.717, 1.165) is 29.8 Å². The van der Waals surface area contributed by atoms with Gasteiger partial charge in [0, 0.05) is 74.7 Å². The number of rotatable bonds is 13. The first-order valence-electron chi connectivity index (χ1n) is 13.7. The van der Waals surface area contributed by atoms with Crippen LogP contribution in [-0.2, 0) is 16.3 Å². The molecule has 4 aromatic rings. The molecular weight excluding hydrogens is 564 g/mol. The van der Waals surface area contributed by atoms with E-state index in [-0.39, 0.29) is 36.1 Å². The molecule has 1 aliphatic carbocycles. The van der Waals surface area contributed by atoms with Crippen LogP contribution in [0.3, 0.4) is 0 Å². The smallest absolute Gasteiger partial charge is 0.182 e. The molecule has 2 N–H and O–H groups in total. The van der Waals surface area contributed by atoms with Crippen LogP contribution in [0.5, 0.6) is 11.5 Å². The van der Waals surface area contributed by atoms with Crippen LogP contribution in [0.1, 0.15) is 48.9 Å². The zero-order chi connectivity index (χ0) is 29.9. The molecule has 42 heavy (non-hydrogen) atoms. The molecule has 5 rings (SSSR count). The first kappa shape index (κ1) is 29.4. The van der Waals surface area contributed by atoms with E-state index in [1.165, 1.54) is 24.6 Å². The van der Waals surface area contributed by atoms with Gasteiger partial charge in [0.15, 0.2) is 17.4 Å². The number of hydrogen-bond donors (Lipinski definition) is 2. The highest BCUT2D eigenvalue weighted by atomic mass is 32.2. The fourth-order valence-electron chi connectivity index (χ4n) is 4.67. The Kier molecular flexibility index (Phi) is 8.66. The van der Waals surface area contributed by atoms with E-state index in [4.69, 9.17) is 24.3 Å². The Hall–Kier alpha value is -4.13. The lowest BCUT2D eigenvalue weighted by Gasteiger charge is -2.13. The molecule has 0 spiro atoms. The van der Waals surface area contributed by atoms with Crippen molar-refractivity contribution in [1.82, 2.24) is 24.7 Å². The van der Waals surface area contributed by atoms with Crippen LogP contribution in [-0.4, -0.2) is 54.2 Å². The molecular formula is C29H33F2N7O3S. The van der Waals surface area contributed by atoms with Gasteiger partial charge >= 0.3 is 0 Å². The summed E-state index contributed by atoms with van der Waals surface area (Å²) in [5.41, 5.74) is 2.89. The summed E-state index contributed by atoms with van der Waals surface area (Å²) in [6.07, 6.45) is 8.58. The molecule has 10 nitrogen and oxygen atoms in total. The minimum atomic E-state index is -2.62. The Balaban J connectivity index is 1.48. The zero-order valence-corrected chi connectivity index (χ0v) is 24.5. The highest BCUT2D eigenvalue weighted by Gasteiger charge is 2.32. The minimum Gasteiger partial charge on any atom is -0.494 e. The molecule has 0 aliphatic heterocycles. The molecule has 3 aromatic heterocycles. The van der Waals surface area contributed by atoms with Crippen molar-refractivity contribution in [2.75, 3.05) is 30.5 Å². The second-order valence-corrected chi connectivity index (χ2v) is 12.7. The van der Waals surface area contributed by atoms with Crippen molar-refractivity contribution in [3.8, 4) is 23.0 Å². The van der Waals surface area contributed by atoms with Crippen molar-refractivity contribution in [2.45, 2.75) is 45.6 Å². The van der Waals surface area contributed by atoms with Crippen LogP contribution in [0.2, 0.25) is 0 Å². The van der Waals surface area contributed by atoms with Gasteiger partial charge in [-0.25, -0.2) is 18.7 Å². The van der Waals surface area contributed by atoms with Gasteiger partial charge in [-0.3, -0.25) is 18.7 Å². The first-order chi connectivity index (χ1) is 20.1. The second kappa shape index (κ2) is 12.4. The maximum absolute atomic E-state index is 15.0. The summed E-state index contributed by atoms with van der Waals surface area (Å²) in [6.45, 7) is 4.12. The summed E-state index contributed by atoms with van der Waals surface area (Å²) in [4.78, 5) is 13.3. The average Bonchev–Trinajstić information content (AvgIpc) is 3.72. The van der Waals surface area contributed by atoms with Crippen LogP contribution in [0.25, 0.3) is 11.5 Å². The van der Waals surface area contributed by atoms with E-state index in [0.29, 0.717) is 36.1 Å². The Morgan fingerprint density at radius 1 is 1.17 bits per heavy atom. The molecule has 1 aromatic carbocycles. The van der Waals surface area contributed by atoms with Crippen molar-refractivity contribution in [1.29, 1.82) is 4.78 Å². The van der Waals surface area contributed by atoms with E-state index in [1.807, 2.05) is 6.92 Å². The van der Waals surface area contributed by atoms with Gasteiger partial charge < -0.3 is 14.8 Å². The lowest BCUT2D eigenvalue weighted by molar-refractivity contribution is 0.317. The zero-order valence-electron chi connectivity index (χ0n) is 23.7. The van der Waals surface area contributed by atoms with Gasteiger partial charge in [0.25, 0.3) is 0 Å². The van der Waals surface area contributed by atoms with E-state index in [2.05, 4.69) is 15.3 Å². The molecule has 0 saturated heterocycles. The number of halogens is 2. The number of anilines is 2. The maximum atomic E-state index is 15.0. The fraction of sp³-hybridized carbons (Fsp3) is 0.379. The predicted molar refractivity (Wildman–Crippen MR) is 156 cm³/mol. The number of nitrogens with zero attached hydrogens (tertiary/aromatic N) is 5. The molecule has 3 heterocycles. The summed E-state index contributed by atoms with van der Waals surface area (Å²) in [6, 6.07) is 5.95. The van der Waals surface area contributed by atoms with Gasteiger partial charge in [-0.05, 0) is 45.2 Å². The molecule has 1 aliphatic rings. The number of nitrogens with one attached hydrogen (secondary N) is 2. The van der Waals surface area contributed by atoms with E-state index in [1.54, 1.807) is 36.1 Å². The highest BCUT2D eigenvalue weighted by molar-refractivity contribution is 7.91. The topological polar surface area (TPSA) is 128 Å². The summed E-state index contributed by atoms with van der Waals surface area (Å²) >= 11 is 0. The summed E-state index contributed by atoms with van der Waals surface area (Å²) < 4.78 is 62.1. The number of ether oxygens (including phenoxy) is 2. The third kappa shape index (κ3) is 7.01. The molecule has 13 heteroatoms. The van der Waals surface area contributed by atoms with Gasteiger partial charge in [0.05, 0.1) is 26.0 Å². The van der Waals surface area contributed by atoms with Crippen molar-refractivity contribution in [2.24, 2.45) is 0 Å². The highest BCUT2D eigenvalue weighted by Crippen LogP contribution is 2.44.